The molecule has 2 saturated heterocycles. The molecule has 3 rings (SSSR count). The zero-order valence-electron chi connectivity index (χ0n) is 12.1. The molecule has 20 heavy (non-hydrogen) atoms. The number of carbonyl (C=O) groups is 2. The maximum atomic E-state index is 12.3. The molecule has 1 atom stereocenters. The van der Waals surface area contributed by atoms with E-state index < -0.39 is 0 Å². The average molecular weight is 279 g/mol. The van der Waals surface area contributed by atoms with Crippen LogP contribution in [0.25, 0.3) is 0 Å². The standard InChI is InChI=1S/C15H25N3O2/c19-14-4-2-8-18(14)15(20)11-17(9-12-5-6-12)10-13-3-1-7-16-13/h12-13,16H,1-11H2. The highest BCUT2D eigenvalue weighted by molar-refractivity contribution is 5.97. The predicted octanol–water partition coefficient (Wildman–Crippen LogP) is 0.599. The predicted molar refractivity (Wildman–Crippen MR) is 76.1 cm³/mol. The number of amides is 2. The molecule has 0 spiro atoms. The third-order valence-corrected chi connectivity index (χ3v) is 4.59. The van der Waals surface area contributed by atoms with Crippen molar-refractivity contribution in [1.82, 2.24) is 15.1 Å². The van der Waals surface area contributed by atoms with E-state index in [0.717, 1.165) is 32.0 Å². The third kappa shape index (κ3) is 3.58. The lowest BCUT2D eigenvalue weighted by molar-refractivity contribution is -0.142. The molecule has 1 unspecified atom stereocenters. The number of rotatable bonds is 6. The summed E-state index contributed by atoms with van der Waals surface area (Å²) in [6.07, 6.45) is 6.41. The summed E-state index contributed by atoms with van der Waals surface area (Å²) in [5.41, 5.74) is 0. The van der Waals surface area contributed by atoms with Crippen LogP contribution in [0.1, 0.15) is 38.5 Å². The van der Waals surface area contributed by atoms with Crippen LogP contribution in [0.2, 0.25) is 0 Å². The molecule has 3 fully saturated rings. The molecular formula is C15H25N3O2. The van der Waals surface area contributed by atoms with Crippen LogP contribution in [-0.4, -0.2) is 60.4 Å². The fourth-order valence-corrected chi connectivity index (χ4v) is 3.28. The Hall–Kier alpha value is -0.940. The van der Waals surface area contributed by atoms with Gasteiger partial charge in [-0.05, 0) is 44.6 Å². The first-order chi connectivity index (χ1) is 9.72. The van der Waals surface area contributed by atoms with Crippen molar-refractivity contribution in [2.75, 3.05) is 32.7 Å². The number of nitrogens with zero attached hydrogens (tertiary/aromatic N) is 2. The smallest absolute Gasteiger partial charge is 0.243 e. The number of hydrogen-bond acceptors (Lipinski definition) is 4. The van der Waals surface area contributed by atoms with Gasteiger partial charge >= 0.3 is 0 Å². The molecule has 0 aromatic rings. The molecule has 5 heteroatoms. The summed E-state index contributed by atoms with van der Waals surface area (Å²) in [4.78, 5) is 27.7. The van der Waals surface area contributed by atoms with Gasteiger partial charge in [-0.15, -0.1) is 0 Å². The van der Waals surface area contributed by atoms with Gasteiger partial charge in [-0.2, -0.15) is 0 Å². The van der Waals surface area contributed by atoms with Crippen LogP contribution in [-0.2, 0) is 9.59 Å². The second-order valence-corrected chi connectivity index (χ2v) is 6.47. The minimum Gasteiger partial charge on any atom is -0.313 e. The quantitative estimate of drug-likeness (QED) is 0.773. The molecule has 0 aromatic heterocycles. The van der Waals surface area contributed by atoms with E-state index in [-0.39, 0.29) is 11.8 Å². The zero-order valence-corrected chi connectivity index (χ0v) is 12.1. The van der Waals surface area contributed by atoms with Crippen LogP contribution in [0.4, 0.5) is 0 Å². The van der Waals surface area contributed by atoms with Crippen LogP contribution in [0.3, 0.4) is 0 Å². The molecule has 112 valence electrons. The Morgan fingerprint density at radius 2 is 2.10 bits per heavy atom. The van der Waals surface area contributed by atoms with E-state index in [1.54, 1.807) is 0 Å². The van der Waals surface area contributed by atoms with Crippen molar-refractivity contribution < 1.29 is 9.59 Å². The Labute approximate surface area is 120 Å². The largest absolute Gasteiger partial charge is 0.313 e. The average Bonchev–Trinajstić information content (AvgIpc) is 2.89. The number of likely N-dealkylation sites (tertiary alicyclic amines) is 1. The van der Waals surface area contributed by atoms with Crippen LogP contribution >= 0.6 is 0 Å². The molecule has 2 aliphatic heterocycles. The molecular weight excluding hydrogens is 254 g/mol. The normalized spacial score (nSPS) is 26.8. The zero-order chi connectivity index (χ0) is 13.9. The van der Waals surface area contributed by atoms with E-state index in [0.29, 0.717) is 25.6 Å². The van der Waals surface area contributed by atoms with Crippen molar-refractivity contribution in [2.24, 2.45) is 5.92 Å². The summed E-state index contributed by atoms with van der Waals surface area (Å²) < 4.78 is 0. The molecule has 1 aliphatic carbocycles. The first kappa shape index (κ1) is 14.0. The van der Waals surface area contributed by atoms with E-state index in [2.05, 4.69) is 10.2 Å². The van der Waals surface area contributed by atoms with Gasteiger partial charge in [0.1, 0.15) is 0 Å². The molecule has 0 bridgehead atoms. The fraction of sp³-hybridized carbons (Fsp3) is 0.867. The van der Waals surface area contributed by atoms with Gasteiger partial charge in [0.2, 0.25) is 11.8 Å². The van der Waals surface area contributed by atoms with Crippen LogP contribution in [0, 0.1) is 5.92 Å². The minimum atomic E-state index is 0.00569. The highest BCUT2D eigenvalue weighted by atomic mass is 16.2. The topological polar surface area (TPSA) is 52.7 Å². The van der Waals surface area contributed by atoms with Gasteiger partial charge in [0.15, 0.2) is 0 Å². The molecule has 2 heterocycles. The van der Waals surface area contributed by atoms with Crippen LogP contribution in [0.15, 0.2) is 0 Å². The molecule has 1 saturated carbocycles. The minimum absolute atomic E-state index is 0.00569. The Morgan fingerprint density at radius 3 is 2.70 bits per heavy atom. The number of carbonyl (C=O) groups excluding carboxylic acids is 2. The van der Waals surface area contributed by atoms with Crippen molar-refractivity contribution in [3.8, 4) is 0 Å². The second-order valence-electron chi connectivity index (χ2n) is 6.47. The highest BCUT2D eigenvalue weighted by Gasteiger charge is 2.31. The van der Waals surface area contributed by atoms with Crippen molar-refractivity contribution >= 4 is 11.8 Å². The van der Waals surface area contributed by atoms with Gasteiger partial charge in [-0.1, -0.05) is 0 Å². The molecule has 1 N–H and O–H groups in total. The molecule has 2 amide bonds. The van der Waals surface area contributed by atoms with Crippen molar-refractivity contribution in [3.63, 3.8) is 0 Å². The SMILES string of the molecule is O=C1CCCN1C(=O)CN(CC1CC1)CC1CCCN1. The molecule has 0 radical (unpaired) electrons. The maximum absolute atomic E-state index is 12.3. The molecule has 0 aromatic carbocycles. The third-order valence-electron chi connectivity index (χ3n) is 4.59. The van der Waals surface area contributed by atoms with Crippen LogP contribution < -0.4 is 5.32 Å². The first-order valence-electron chi connectivity index (χ1n) is 8.01. The summed E-state index contributed by atoms with van der Waals surface area (Å²) >= 11 is 0. The van der Waals surface area contributed by atoms with Gasteiger partial charge in [-0.25, -0.2) is 0 Å². The maximum Gasteiger partial charge on any atom is 0.243 e. The van der Waals surface area contributed by atoms with Gasteiger partial charge in [-0.3, -0.25) is 19.4 Å². The number of hydrogen-bond donors (Lipinski definition) is 1. The van der Waals surface area contributed by atoms with E-state index in [1.807, 2.05) is 0 Å². The van der Waals surface area contributed by atoms with Gasteiger partial charge in [0.05, 0.1) is 6.54 Å². The van der Waals surface area contributed by atoms with E-state index in [1.165, 1.54) is 30.6 Å². The Morgan fingerprint density at radius 1 is 1.25 bits per heavy atom. The Kier molecular flexibility index (Phi) is 4.36. The summed E-state index contributed by atoms with van der Waals surface area (Å²) in [5.74, 6) is 0.796. The van der Waals surface area contributed by atoms with Crippen molar-refractivity contribution in [1.29, 1.82) is 0 Å². The van der Waals surface area contributed by atoms with Crippen molar-refractivity contribution in [2.45, 2.75) is 44.6 Å². The van der Waals surface area contributed by atoms with Crippen LogP contribution in [0.5, 0.6) is 0 Å². The Balaban J connectivity index is 1.53. The lowest BCUT2D eigenvalue weighted by atomic mass is 10.2. The number of nitrogens with one attached hydrogen (secondary N) is 1. The molecule has 5 nitrogen and oxygen atoms in total. The highest BCUT2D eigenvalue weighted by Crippen LogP contribution is 2.30. The Bertz CT molecular complexity index is 375. The van der Waals surface area contributed by atoms with Gasteiger partial charge < -0.3 is 5.32 Å². The number of imide groups is 1. The van der Waals surface area contributed by atoms with Gasteiger partial charge in [0.25, 0.3) is 0 Å². The van der Waals surface area contributed by atoms with E-state index in [4.69, 9.17) is 0 Å². The van der Waals surface area contributed by atoms with Gasteiger partial charge in [0, 0.05) is 32.1 Å². The van der Waals surface area contributed by atoms with Crippen molar-refractivity contribution in [3.05, 3.63) is 0 Å². The fourth-order valence-electron chi connectivity index (χ4n) is 3.28. The monoisotopic (exact) mass is 279 g/mol. The van der Waals surface area contributed by atoms with E-state index in [9.17, 15) is 9.59 Å². The summed E-state index contributed by atoms with van der Waals surface area (Å²) in [7, 11) is 0. The summed E-state index contributed by atoms with van der Waals surface area (Å²) in [5, 5.41) is 3.50. The second kappa shape index (κ2) is 6.22. The first-order valence-corrected chi connectivity index (χ1v) is 8.01. The van der Waals surface area contributed by atoms with E-state index >= 15 is 0 Å². The summed E-state index contributed by atoms with van der Waals surface area (Å²) in [6, 6.07) is 0.524. The summed E-state index contributed by atoms with van der Waals surface area (Å²) in [6.45, 7) is 4.10. The molecule has 3 aliphatic rings. The lowest BCUT2D eigenvalue weighted by Gasteiger charge is -2.26. The lowest BCUT2D eigenvalue weighted by Crippen LogP contribution is -2.45.